The van der Waals surface area contributed by atoms with Gasteiger partial charge in [0.05, 0.1) is 23.3 Å². The largest absolute Gasteiger partial charge is 0.585 e. The maximum atomic E-state index is 6.55. The predicted octanol–water partition coefficient (Wildman–Crippen LogP) is 4.54. The predicted molar refractivity (Wildman–Crippen MR) is 131 cm³/mol. The van der Waals surface area contributed by atoms with Crippen molar-refractivity contribution in [3.05, 3.63) is 18.2 Å². The quantitative estimate of drug-likeness (QED) is 0.691. The highest BCUT2D eigenvalue weighted by Gasteiger charge is 2.54. The van der Waals surface area contributed by atoms with Crippen LogP contribution >= 0.6 is 11.3 Å². The Morgan fingerprint density at radius 3 is 2.71 bits per heavy atom. The molecule has 6 rings (SSSR count). The first-order chi connectivity index (χ1) is 14.5. The second kappa shape index (κ2) is 6.96. The van der Waals surface area contributed by atoms with Crippen molar-refractivity contribution in [2.45, 2.75) is 57.3 Å². The van der Waals surface area contributed by atoms with E-state index in [0.29, 0.717) is 22.9 Å². The summed E-state index contributed by atoms with van der Waals surface area (Å²) in [7, 11) is 4.68. The van der Waals surface area contributed by atoms with Gasteiger partial charge in [-0.2, -0.15) is 0 Å². The molecule has 0 amide bonds. The zero-order chi connectivity index (χ0) is 22.1. The summed E-state index contributed by atoms with van der Waals surface area (Å²) in [5.74, 6) is 1.47. The lowest BCUT2D eigenvalue weighted by Crippen LogP contribution is -2.69. The van der Waals surface area contributed by atoms with Crippen LogP contribution in [0.25, 0.3) is 10.2 Å². The Kier molecular flexibility index (Phi) is 4.78. The molecule has 1 spiro atoms. The molecule has 1 N–H and O–H groups in total. The average molecular weight is 455 g/mol. The van der Waals surface area contributed by atoms with E-state index in [0.717, 1.165) is 53.6 Å². The molecule has 1 aromatic carbocycles. The zero-order valence-corrected chi connectivity index (χ0v) is 21.0. The maximum absolute atomic E-state index is 6.55. The number of benzene rings is 1. The molecule has 6 nitrogen and oxygen atoms in total. The first-order valence-electron chi connectivity index (χ1n) is 11.2. The molecule has 165 valence electrons. The molecule has 5 heterocycles. The number of fused-ring (bicyclic) bond motifs is 3. The number of nitrogens with one attached hydrogen (secondary N) is 1. The second-order valence-electron chi connectivity index (χ2n) is 11.0. The number of hydrogen-bond donors (Lipinski definition) is 1. The summed E-state index contributed by atoms with van der Waals surface area (Å²) in [6.07, 6.45) is 2.24. The van der Waals surface area contributed by atoms with Crippen LogP contribution in [-0.4, -0.2) is 63.5 Å². The number of amidine groups is 1. The molecule has 3 saturated heterocycles. The topological polar surface area (TPSA) is 55.7 Å². The van der Waals surface area contributed by atoms with Crippen molar-refractivity contribution in [1.82, 2.24) is 4.98 Å². The first-order valence-corrected chi connectivity index (χ1v) is 14.9. The van der Waals surface area contributed by atoms with Gasteiger partial charge < -0.3 is 13.6 Å². The first kappa shape index (κ1) is 21.3. The van der Waals surface area contributed by atoms with Gasteiger partial charge in [0.15, 0.2) is 10.7 Å². The molecule has 0 saturated carbocycles. The van der Waals surface area contributed by atoms with Crippen molar-refractivity contribution < 1.29 is 13.6 Å². The van der Waals surface area contributed by atoms with Crippen LogP contribution in [0.15, 0.2) is 23.2 Å². The van der Waals surface area contributed by atoms with E-state index >= 15 is 0 Å². The molecule has 4 aliphatic rings. The highest BCUT2D eigenvalue weighted by atomic mass is 32.1. The van der Waals surface area contributed by atoms with Crippen molar-refractivity contribution in [3.8, 4) is 5.75 Å². The minimum atomic E-state index is -1.87. The summed E-state index contributed by atoms with van der Waals surface area (Å²) in [5, 5.41) is 4.28. The van der Waals surface area contributed by atoms with Gasteiger partial charge in [-0.1, -0.05) is 32.1 Å². The lowest BCUT2D eigenvalue weighted by molar-refractivity contribution is -0.845. The summed E-state index contributed by atoms with van der Waals surface area (Å²) in [6, 6.07) is 6.75. The third-order valence-electron chi connectivity index (χ3n) is 7.72. The van der Waals surface area contributed by atoms with Gasteiger partial charge in [-0.25, -0.2) is 18.0 Å². The van der Waals surface area contributed by atoms with Crippen molar-refractivity contribution in [2.75, 3.05) is 31.5 Å². The molecule has 3 fully saturated rings. The van der Waals surface area contributed by atoms with Crippen LogP contribution in [0.1, 0.15) is 33.6 Å². The average Bonchev–Trinajstić information content (AvgIpc) is 3.24. The van der Waals surface area contributed by atoms with Gasteiger partial charge in [0.1, 0.15) is 5.75 Å². The number of ether oxygens (including phenoxy) is 1. The molecule has 1 unspecified atom stereocenters. The minimum Gasteiger partial charge on any atom is -0.585 e. The number of anilines is 1. The minimum absolute atomic E-state index is 0.162. The highest BCUT2D eigenvalue weighted by molar-refractivity contribution is 7.22. The molecule has 2 aromatic rings. The molecular weight excluding hydrogens is 423 g/mol. The molecular formula is C22H32BN4O2SSi. The van der Waals surface area contributed by atoms with Crippen molar-refractivity contribution in [1.29, 1.82) is 0 Å². The van der Waals surface area contributed by atoms with Crippen LogP contribution in [0.3, 0.4) is 0 Å². The molecule has 9 heteroatoms. The van der Waals surface area contributed by atoms with Gasteiger partial charge in [-0.3, -0.25) is 5.32 Å². The molecule has 4 aliphatic heterocycles. The maximum Gasteiger partial charge on any atom is 0.292 e. The Bertz CT molecular complexity index is 1040. The lowest BCUT2D eigenvalue weighted by atomic mass is 9.72. The molecule has 31 heavy (non-hydrogen) atoms. The van der Waals surface area contributed by atoms with E-state index in [9.17, 15) is 0 Å². The van der Waals surface area contributed by atoms with Crippen LogP contribution in [0.2, 0.25) is 18.1 Å². The molecule has 3 radical (unpaired) electrons. The fourth-order valence-electron chi connectivity index (χ4n) is 4.81. The SMILES string of the molecule is [B-][N+]12CCC(CC1)C1(CN=C(Nc3nc4ccc(O[Si](C)(C)C(C)(C)C)cc4s3)O1)C2. The third kappa shape index (κ3) is 3.78. The summed E-state index contributed by atoms with van der Waals surface area (Å²) in [4.78, 5) is 9.42. The number of rotatable bonds is 3. The molecule has 0 aliphatic carbocycles. The van der Waals surface area contributed by atoms with Crippen LogP contribution in [-0.2, 0) is 4.74 Å². The van der Waals surface area contributed by atoms with Crippen LogP contribution in [0.5, 0.6) is 5.75 Å². The number of aliphatic imine (C=N–C) groups is 1. The van der Waals surface area contributed by atoms with E-state index in [1.54, 1.807) is 11.3 Å². The molecule has 1 aromatic heterocycles. The lowest BCUT2D eigenvalue weighted by Gasteiger charge is -2.64. The van der Waals surface area contributed by atoms with Crippen molar-refractivity contribution in [2.24, 2.45) is 10.9 Å². The fourth-order valence-corrected chi connectivity index (χ4v) is 6.72. The Hall–Kier alpha value is -1.58. The number of thiazole rings is 1. The monoisotopic (exact) mass is 455 g/mol. The Morgan fingerprint density at radius 2 is 2.03 bits per heavy atom. The molecule has 1 atom stereocenters. The van der Waals surface area contributed by atoms with Gasteiger partial charge in [0, 0.05) is 19.0 Å². The normalized spacial score (nSPS) is 30.5. The fraction of sp³-hybridized carbons (Fsp3) is 0.636. The molecule has 2 bridgehead atoms. The summed E-state index contributed by atoms with van der Waals surface area (Å²) >= 11 is 1.61. The third-order valence-corrected chi connectivity index (χ3v) is 13.0. The van der Waals surface area contributed by atoms with Crippen LogP contribution in [0.4, 0.5) is 5.13 Å². The second-order valence-corrected chi connectivity index (χ2v) is 16.8. The standard InChI is InChI=1S/C22H32BN4O2SSi/c1-21(2,3)31(4,5)29-16-6-7-17-18(12-16)30-20(25-17)26-19-24-13-22(28-19)14-27(23)10-8-15(22)9-11-27/h6-7,12,15H,8-11,13-14H2,1-5H3,(H,24,25,26). The van der Waals surface area contributed by atoms with Gasteiger partial charge in [-0.05, 0) is 49.2 Å². The Labute approximate surface area is 191 Å². The Balaban J connectivity index is 1.30. The van der Waals surface area contributed by atoms with Crippen LogP contribution in [0, 0.1) is 5.92 Å². The van der Waals surface area contributed by atoms with E-state index in [-0.39, 0.29) is 10.6 Å². The van der Waals surface area contributed by atoms with Gasteiger partial charge in [-0.15, -0.1) is 0 Å². The van der Waals surface area contributed by atoms with E-state index in [1.165, 1.54) is 0 Å². The number of hydrogen-bond acceptors (Lipinski definition) is 6. The zero-order valence-electron chi connectivity index (χ0n) is 19.2. The number of piperidine rings is 3. The van der Waals surface area contributed by atoms with Crippen molar-refractivity contribution >= 4 is 49.0 Å². The smallest absolute Gasteiger partial charge is 0.292 e. The van der Waals surface area contributed by atoms with E-state index in [1.807, 2.05) is 12.1 Å². The van der Waals surface area contributed by atoms with Crippen LogP contribution < -0.4 is 9.74 Å². The highest BCUT2D eigenvalue weighted by Crippen LogP contribution is 2.44. The van der Waals surface area contributed by atoms with E-state index in [2.05, 4.69) is 50.2 Å². The van der Waals surface area contributed by atoms with E-state index in [4.69, 9.17) is 22.1 Å². The number of nitrogens with zero attached hydrogens (tertiary/aromatic N) is 3. The number of quaternary nitrogens is 1. The summed E-state index contributed by atoms with van der Waals surface area (Å²) < 4.78 is 14.6. The van der Waals surface area contributed by atoms with Gasteiger partial charge in [0.25, 0.3) is 6.02 Å². The summed E-state index contributed by atoms with van der Waals surface area (Å²) in [5.41, 5.74) is 0.715. The van der Waals surface area contributed by atoms with Crippen molar-refractivity contribution in [3.63, 3.8) is 0 Å². The Morgan fingerprint density at radius 1 is 1.29 bits per heavy atom. The van der Waals surface area contributed by atoms with Gasteiger partial charge >= 0.3 is 0 Å². The van der Waals surface area contributed by atoms with E-state index < -0.39 is 8.32 Å². The summed E-state index contributed by atoms with van der Waals surface area (Å²) in [6.45, 7) is 14.9. The van der Waals surface area contributed by atoms with Gasteiger partial charge in [0.2, 0.25) is 8.32 Å². The number of aromatic nitrogens is 1.